The number of aliphatic hydroxyl groups excluding tert-OH is 1. The number of ether oxygens (including phenoxy) is 2. The third-order valence-corrected chi connectivity index (χ3v) is 9.03. The minimum atomic E-state index is -1.91. The van der Waals surface area contributed by atoms with Gasteiger partial charge in [0.25, 0.3) is 11.8 Å². The molecule has 0 aromatic heterocycles. The molecule has 2 heterocycles. The van der Waals surface area contributed by atoms with Gasteiger partial charge in [0.05, 0.1) is 31.6 Å². The third kappa shape index (κ3) is 6.65. The number of benzene rings is 4. The zero-order chi connectivity index (χ0) is 34.5. The van der Waals surface area contributed by atoms with Crippen molar-refractivity contribution in [3.05, 3.63) is 126 Å². The van der Waals surface area contributed by atoms with Crippen LogP contribution in [0.15, 0.2) is 109 Å². The van der Waals surface area contributed by atoms with Gasteiger partial charge in [-0.15, -0.1) is 0 Å². The van der Waals surface area contributed by atoms with Crippen LogP contribution in [0.3, 0.4) is 0 Å². The maximum Gasteiger partial charge on any atom is 0.269 e. The first-order valence-corrected chi connectivity index (χ1v) is 16.2. The van der Waals surface area contributed by atoms with E-state index in [-0.39, 0.29) is 44.5 Å². The molecule has 10 heteroatoms. The second-order valence-electron chi connectivity index (χ2n) is 12.1. The summed E-state index contributed by atoms with van der Waals surface area (Å²) >= 11 is 0. The van der Waals surface area contributed by atoms with E-state index in [1.165, 1.54) is 7.11 Å². The average Bonchev–Trinajstić information content (AvgIpc) is 3.34. The first-order chi connectivity index (χ1) is 23.7. The predicted octanol–water partition coefficient (Wildman–Crippen LogP) is 5.09. The van der Waals surface area contributed by atoms with Gasteiger partial charge in [0, 0.05) is 36.7 Å². The number of hydrogen-bond acceptors (Lipinski definition) is 7. The average molecular weight is 662 g/mol. The van der Waals surface area contributed by atoms with Gasteiger partial charge in [0.15, 0.2) is 12.2 Å². The summed E-state index contributed by atoms with van der Waals surface area (Å²) in [6.45, 7) is 2.26. The number of fused-ring (bicyclic) bond motifs is 2. The Labute approximate surface area is 285 Å². The van der Waals surface area contributed by atoms with Gasteiger partial charge in [0.2, 0.25) is 5.91 Å². The molecule has 4 aromatic rings. The van der Waals surface area contributed by atoms with Crippen molar-refractivity contribution in [2.45, 2.75) is 32.0 Å². The number of aliphatic hydroxyl groups is 2. The Balaban J connectivity index is 1.20. The van der Waals surface area contributed by atoms with Crippen LogP contribution in [-0.4, -0.2) is 59.7 Å². The molecule has 6 rings (SSSR count). The lowest BCUT2D eigenvalue weighted by atomic mass is 9.83. The third-order valence-electron chi connectivity index (χ3n) is 9.03. The smallest absolute Gasteiger partial charge is 0.269 e. The molecule has 2 aliphatic rings. The molecule has 4 aromatic carbocycles. The molecule has 2 aliphatic heterocycles. The fourth-order valence-electron chi connectivity index (χ4n) is 6.39. The van der Waals surface area contributed by atoms with Gasteiger partial charge in [-0.2, -0.15) is 0 Å². The van der Waals surface area contributed by atoms with Gasteiger partial charge in [0.1, 0.15) is 11.5 Å². The Kier molecular flexibility index (Phi) is 9.80. The Morgan fingerprint density at radius 2 is 1.71 bits per heavy atom. The number of methoxy groups -OCH3 is 1. The SMILES string of the molecule is COc1ccc2c(c1)[C@](O)([C@@H](C)/C=C/CC(=O)N(CCO)Cc1ccccc1)C(=O)N2Cc1ccc(N2C(=O)COc3ccccc32)cc1. The van der Waals surface area contributed by atoms with Crippen LogP contribution in [0.1, 0.15) is 30.0 Å². The van der Waals surface area contributed by atoms with Crippen molar-refractivity contribution in [1.82, 2.24) is 4.90 Å². The lowest BCUT2D eigenvalue weighted by molar-refractivity contribution is -0.139. The van der Waals surface area contributed by atoms with Crippen molar-refractivity contribution < 1.29 is 34.1 Å². The molecule has 0 unspecified atom stereocenters. The van der Waals surface area contributed by atoms with Crippen LogP contribution in [0.4, 0.5) is 17.1 Å². The molecule has 2 N–H and O–H groups in total. The largest absolute Gasteiger partial charge is 0.497 e. The van der Waals surface area contributed by atoms with Crippen molar-refractivity contribution in [2.75, 3.05) is 36.7 Å². The monoisotopic (exact) mass is 661 g/mol. The molecule has 0 aliphatic carbocycles. The van der Waals surface area contributed by atoms with Crippen molar-refractivity contribution in [1.29, 1.82) is 0 Å². The summed E-state index contributed by atoms with van der Waals surface area (Å²) in [6.07, 6.45) is 3.40. The summed E-state index contributed by atoms with van der Waals surface area (Å²) < 4.78 is 11.0. The van der Waals surface area contributed by atoms with Crippen LogP contribution in [0.25, 0.3) is 0 Å². The highest BCUT2D eigenvalue weighted by Crippen LogP contribution is 2.47. The molecule has 49 heavy (non-hydrogen) atoms. The molecule has 0 spiro atoms. The van der Waals surface area contributed by atoms with Crippen LogP contribution < -0.4 is 19.3 Å². The molecule has 0 radical (unpaired) electrons. The van der Waals surface area contributed by atoms with E-state index in [2.05, 4.69) is 0 Å². The van der Waals surface area contributed by atoms with Gasteiger partial charge >= 0.3 is 0 Å². The first-order valence-electron chi connectivity index (χ1n) is 16.2. The van der Waals surface area contributed by atoms with Crippen LogP contribution >= 0.6 is 0 Å². The summed E-state index contributed by atoms with van der Waals surface area (Å²) in [6, 6.07) is 29.5. The summed E-state index contributed by atoms with van der Waals surface area (Å²) in [5, 5.41) is 21.7. The zero-order valence-electron chi connectivity index (χ0n) is 27.5. The van der Waals surface area contributed by atoms with Gasteiger partial charge in [-0.3, -0.25) is 19.3 Å². The van der Waals surface area contributed by atoms with E-state index in [0.29, 0.717) is 40.7 Å². The molecule has 3 amide bonds. The highest BCUT2D eigenvalue weighted by atomic mass is 16.5. The van der Waals surface area contributed by atoms with Crippen molar-refractivity contribution in [3.8, 4) is 11.5 Å². The predicted molar refractivity (Wildman–Crippen MR) is 185 cm³/mol. The number of amides is 3. The normalized spacial score (nSPS) is 17.5. The van der Waals surface area contributed by atoms with Gasteiger partial charge in [-0.1, -0.05) is 73.7 Å². The molecule has 2 atom stereocenters. The summed E-state index contributed by atoms with van der Waals surface area (Å²) in [4.78, 5) is 44.8. The van der Waals surface area contributed by atoms with E-state index in [1.54, 1.807) is 52.0 Å². The van der Waals surface area contributed by atoms with Gasteiger partial charge in [-0.25, -0.2) is 0 Å². The first kappa shape index (κ1) is 33.5. The molecule has 0 saturated carbocycles. The molecule has 252 valence electrons. The van der Waals surface area contributed by atoms with Crippen molar-refractivity contribution in [2.24, 2.45) is 5.92 Å². The summed E-state index contributed by atoms with van der Waals surface area (Å²) in [7, 11) is 1.52. The number of rotatable bonds is 12. The maximum atomic E-state index is 14.1. The second kappa shape index (κ2) is 14.3. The quantitative estimate of drug-likeness (QED) is 0.203. The summed E-state index contributed by atoms with van der Waals surface area (Å²) in [5.41, 5.74) is 2.15. The molecular weight excluding hydrogens is 622 g/mol. The number of anilines is 3. The van der Waals surface area contributed by atoms with Crippen LogP contribution in [0.5, 0.6) is 11.5 Å². The number of carbonyl (C=O) groups excluding carboxylic acids is 3. The van der Waals surface area contributed by atoms with E-state index >= 15 is 0 Å². The Morgan fingerprint density at radius 3 is 2.45 bits per heavy atom. The Hall–Kier alpha value is -5.45. The lowest BCUT2D eigenvalue weighted by Gasteiger charge is -2.29. The van der Waals surface area contributed by atoms with E-state index in [9.17, 15) is 24.6 Å². The van der Waals surface area contributed by atoms with E-state index in [1.807, 2.05) is 78.9 Å². The Bertz CT molecular complexity index is 1860. The van der Waals surface area contributed by atoms with Crippen molar-refractivity contribution in [3.63, 3.8) is 0 Å². The standard InChI is InChI=1S/C39H39N3O7/c1-27(9-8-14-36(44)40(21-22-43)24-28-10-4-3-5-11-28)39(47)32-23-31(48-2)19-20-33(32)41(38(39)46)25-29-15-17-30(18-16-29)42-34-12-6-7-13-35(34)49-26-37(42)45/h3-13,15-20,23,27,43,47H,14,21-22,24-26H2,1-2H3/b9-8+/t27-,39+/m0/s1. The summed E-state index contributed by atoms with van der Waals surface area (Å²) in [5.74, 6) is -0.429. The van der Waals surface area contributed by atoms with Crippen LogP contribution in [0, 0.1) is 5.92 Å². The minimum Gasteiger partial charge on any atom is -0.497 e. The molecular formula is C39H39N3O7. The lowest BCUT2D eigenvalue weighted by Crippen LogP contribution is -2.44. The van der Waals surface area contributed by atoms with Crippen LogP contribution in [-0.2, 0) is 33.1 Å². The fraction of sp³-hybridized carbons (Fsp3) is 0.256. The van der Waals surface area contributed by atoms with E-state index in [0.717, 1.165) is 11.1 Å². The number of para-hydroxylation sites is 2. The molecule has 10 nitrogen and oxygen atoms in total. The fourth-order valence-corrected chi connectivity index (χ4v) is 6.39. The maximum absolute atomic E-state index is 14.1. The Morgan fingerprint density at radius 1 is 0.980 bits per heavy atom. The molecule has 0 saturated heterocycles. The van der Waals surface area contributed by atoms with E-state index < -0.39 is 17.4 Å². The van der Waals surface area contributed by atoms with Gasteiger partial charge < -0.3 is 29.5 Å². The highest BCUT2D eigenvalue weighted by Gasteiger charge is 2.52. The molecule has 0 bridgehead atoms. The highest BCUT2D eigenvalue weighted by molar-refractivity contribution is 6.07. The topological polar surface area (TPSA) is 120 Å². The molecule has 0 fully saturated rings. The van der Waals surface area contributed by atoms with Crippen LogP contribution in [0.2, 0.25) is 0 Å². The van der Waals surface area contributed by atoms with E-state index in [4.69, 9.17) is 9.47 Å². The number of nitrogens with zero attached hydrogens (tertiary/aromatic N) is 3. The van der Waals surface area contributed by atoms with Crippen molar-refractivity contribution >= 4 is 34.8 Å². The zero-order valence-corrected chi connectivity index (χ0v) is 27.5. The number of hydrogen-bond donors (Lipinski definition) is 2. The number of carbonyl (C=O) groups is 3. The minimum absolute atomic E-state index is 0.0403. The second-order valence-corrected chi connectivity index (χ2v) is 12.1. The van der Waals surface area contributed by atoms with Gasteiger partial charge in [-0.05, 0) is 53.6 Å².